The van der Waals surface area contributed by atoms with Crippen LogP contribution in [0.1, 0.15) is 40.0 Å². The Morgan fingerprint density at radius 1 is 1.43 bits per heavy atom. The van der Waals surface area contributed by atoms with Crippen molar-refractivity contribution in [2.75, 3.05) is 6.61 Å². The summed E-state index contributed by atoms with van der Waals surface area (Å²) in [6.45, 7) is 7.62. The predicted octanol–water partition coefficient (Wildman–Crippen LogP) is 3.08. The second-order valence-electron chi connectivity index (χ2n) is 4.89. The zero-order valence-electron chi connectivity index (χ0n) is 9.49. The van der Waals surface area contributed by atoms with Crippen molar-refractivity contribution >= 4 is 5.71 Å². The van der Waals surface area contributed by atoms with Gasteiger partial charge in [-0.05, 0) is 37.0 Å². The van der Waals surface area contributed by atoms with Gasteiger partial charge in [-0.2, -0.15) is 0 Å². The molecule has 2 aliphatic carbocycles. The molecule has 0 aromatic heterocycles. The summed E-state index contributed by atoms with van der Waals surface area (Å²) in [4.78, 5) is 5.29. The first-order chi connectivity index (χ1) is 6.75. The minimum Gasteiger partial charge on any atom is -0.396 e. The lowest BCUT2D eigenvalue weighted by Gasteiger charge is -2.17. The van der Waals surface area contributed by atoms with Gasteiger partial charge in [0.25, 0.3) is 0 Å². The average molecular weight is 195 g/mol. The van der Waals surface area contributed by atoms with Gasteiger partial charge in [-0.3, -0.25) is 0 Å². The minimum absolute atomic E-state index is 0.760. The van der Waals surface area contributed by atoms with E-state index in [0.29, 0.717) is 0 Å². The molecule has 2 fully saturated rings. The van der Waals surface area contributed by atoms with Crippen LogP contribution in [0.2, 0.25) is 0 Å². The summed E-state index contributed by atoms with van der Waals surface area (Å²) >= 11 is 0. The van der Waals surface area contributed by atoms with Gasteiger partial charge in [0.2, 0.25) is 0 Å². The topological polar surface area (TPSA) is 21.6 Å². The lowest BCUT2D eigenvalue weighted by Crippen LogP contribution is -2.15. The van der Waals surface area contributed by atoms with E-state index in [4.69, 9.17) is 4.84 Å². The van der Waals surface area contributed by atoms with E-state index in [-0.39, 0.29) is 0 Å². The molecule has 0 N–H and O–H groups in total. The van der Waals surface area contributed by atoms with E-state index in [1.165, 1.54) is 12.1 Å². The molecule has 2 aliphatic rings. The van der Waals surface area contributed by atoms with Gasteiger partial charge in [0, 0.05) is 5.92 Å². The van der Waals surface area contributed by atoms with Crippen molar-refractivity contribution in [1.82, 2.24) is 0 Å². The molecule has 0 aliphatic heterocycles. The van der Waals surface area contributed by atoms with Gasteiger partial charge in [0.05, 0.1) is 5.71 Å². The van der Waals surface area contributed by atoms with E-state index in [9.17, 15) is 0 Å². The Morgan fingerprint density at radius 2 is 2.21 bits per heavy atom. The van der Waals surface area contributed by atoms with Crippen molar-refractivity contribution in [1.29, 1.82) is 0 Å². The quantitative estimate of drug-likeness (QED) is 0.501. The van der Waals surface area contributed by atoms with Crippen molar-refractivity contribution in [3.8, 4) is 0 Å². The molecule has 0 radical (unpaired) electrons. The van der Waals surface area contributed by atoms with Gasteiger partial charge in [-0.1, -0.05) is 25.9 Å². The number of hydrogen-bond acceptors (Lipinski definition) is 2. The fourth-order valence-electron chi connectivity index (χ4n) is 2.95. The molecule has 0 aromatic rings. The molecule has 4 atom stereocenters. The highest BCUT2D eigenvalue weighted by molar-refractivity contribution is 5.90. The van der Waals surface area contributed by atoms with Crippen LogP contribution in [-0.2, 0) is 4.84 Å². The third kappa shape index (κ3) is 1.67. The van der Waals surface area contributed by atoms with Gasteiger partial charge in [0.15, 0.2) is 0 Å². The third-order valence-electron chi connectivity index (χ3n) is 3.82. The molecule has 2 saturated carbocycles. The van der Waals surface area contributed by atoms with Gasteiger partial charge in [-0.15, -0.1) is 0 Å². The van der Waals surface area contributed by atoms with Gasteiger partial charge >= 0.3 is 0 Å². The van der Waals surface area contributed by atoms with Crippen LogP contribution in [0.25, 0.3) is 0 Å². The molecule has 2 heteroatoms. The van der Waals surface area contributed by atoms with Gasteiger partial charge < -0.3 is 4.84 Å². The highest BCUT2D eigenvalue weighted by Gasteiger charge is 2.54. The Labute approximate surface area is 86.7 Å². The lowest BCUT2D eigenvalue weighted by atomic mass is 9.89. The average Bonchev–Trinajstić information content (AvgIpc) is 2.84. The molecule has 0 bridgehead atoms. The molecule has 3 unspecified atom stereocenters. The van der Waals surface area contributed by atoms with Crippen LogP contribution in [0.15, 0.2) is 5.16 Å². The smallest absolute Gasteiger partial charge is 0.116 e. The highest BCUT2D eigenvalue weighted by Crippen LogP contribution is 2.56. The van der Waals surface area contributed by atoms with Crippen molar-refractivity contribution in [3.05, 3.63) is 0 Å². The van der Waals surface area contributed by atoms with Gasteiger partial charge in [-0.25, -0.2) is 0 Å². The largest absolute Gasteiger partial charge is 0.396 e. The van der Waals surface area contributed by atoms with Crippen LogP contribution in [0.5, 0.6) is 0 Å². The summed E-state index contributed by atoms with van der Waals surface area (Å²) in [5, 5.41) is 4.30. The summed E-state index contributed by atoms with van der Waals surface area (Å²) in [6.07, 6.45) is 3.52. The summed E-state index contributed by atoms with van der Waals surface area (Å²) in [7, 11) is 0. The SMILES string of the molecule is CCCO/N=C1\CCC(C)[C@H]2C(C)C12. The first kappa shape index (κ1) is 10.0. The fraction of sp³-hybridized carbons (Fsp3) is 0.917. The summed E-state index contributed by atoms with van der Waals surface area (Å²) < 4.78 is 0. The second kappa shape index (κ2) is 3.92. The molecule has 2 rings (SSSR count). The number of hydrogen-bond donors (Lipinski definition) is 0. The Hall–Kier alpha value is -0.530. The summed E-state index contributed by atoms with van der Waals surface area (Å²) in [5.74, 6) is 3.43. The molecule has 0 aromatic carbocycles. The Balaban J connectivity index is 1.92. The predicted molar refractivity (Wildman–Crippen MR) is 58.2 cm³/mol. The van der Waals surface area contributed by atoms with Crippen LogP contribution >= 0.6 is 0 Å². The molecule has 0 amide bonds. The molecule has 0 heterocycles. The van der Waals surface area contributed by atoms with E-state index in [1.807, 2.05) is 0 Å². The maximum absolute atomic E-state index is 5.29. The zero-order valence-corrected chi connectivity index (χ0v) is 9.49. The maximum atomic E-state index is 5.29. The standard InChI is InChI=1S/C12H21NO/c1-4-7-14-13-10-6-5-8(2)11-9(3)12(10)11/h8-9,11-12H,4-7H2,1-3H3/b13-10+/t8?,9?,11-,12?/m0/s1. The van der Waals surface area contributed by atoms with E-state index >= 15 is 0 Å². The minimum atomic E-state index is 0.760. The normalized spacial score (nSPS) is 43.5. The number of nitrogens with zero attached hydrogens (tertiary/aromatic N) is 1. The van der Waals surface area contributed by atoms with Gasteiger partial charge in [0.1, 0.15) is 6.61 Å². The van der Waals surface area contributed by atoms with E-state index in [2.05, 4.69) is 25.9 Å². The molecular weight excluding hydrogens is 174 g/mol. The Kier molecular flexibility index (Phi) is 2.80. The number of oxime groups is 1. The first-order valence-corrected chi connectivity index (χ1v) is 5.94. The van der Waals surface area contributed by atoms with Crippen LogP contribution in [-0.4, -0.2) is 12.3 Å². The lowest BCUT2D eigenvalue weighted by molar-refractivity contribution is 0.142. The van der Waals surface area contributed by atoms with Crippen molar-refractivity contribution < 1.29 is 4.84 Å². The van der Waals surface area contributed by atoms with Crippen molar-refractivity contribution in [3.63, 3.8) is 0 Å². The van der Waals surface area contributed by atoms with Crippen molar-refractivity contribution in [2.24, 2.45) is 28.8 Å². The van der Waals surface area contributed by atoms with E-state index < -0.39 is 0 Å². The fourth-order valence-corrected chi connectivity index (χ4v) is 2.95. The Morgan fingerprint density at radius 3 is 2.93 bits per heavy atom. The second-order valence-corrected chi connectivity index (χ2v) is 4.89. The molecule has 80 valence electrons. The van der Waals surface area contributed by atoms with E-state index in [0.717, 1.165) is 43.1 Å². The summed E-state index contributed by atoms with van der Waals surface area (Å²) in [5.41, 5.74) is 1.34. The molecule has 0 saturated heterocycles. The number of rotatable bonds is 3. The first-order valence-electron chi connectivity index (χ1n) is 5.94. The Bertz CT molecular complexity index is 236. The molecule has 0 spiro atoms. The summed E-state index contributed by atoms with van der Waals surface area (Å²) in [6, 6.07) is 0. The third-order valence-corrected chi connectivity index (χ3v) is 3.82. The molecule has 2 nitrogen and oxygen atoms in total. The van der Waals surface area contributed by atoms with Crippen LogP contribution in [0.4, 0.5) is 0 Å². The maximum Gasteiger partial charge on any atom is 0.116 e. The highest BCUT2D eigenvalue weighted by atomic mass is 16.6. The van der Waals surface area contributed by atoms with E-state index in [1.54, 1.807) is 0 Å². The van der Waals surface area contributed by atoms with Crippen LogP contribution in [0.3, 0.4) is 0 Å². The monoisotopic (exact) mass is 195 g/mol. The molecular formula is C12H21NO. The number of fused-ring (bicyclic) bond motifs is 1. The van der Waals surface area contributed by atoms with Crippen molar-refractivity contribution in [2.45, 2.75) is 40.0 Å². The zero-order chi connectivity index (χ0) is 10.1. The molecule has 14 heavy (non-hydrogen) atoms. The van der Waals surface area contributed by atoms with Crippen LogP contribution in [0, 0.1) is 23.7 Å². The van der Waals surface area contributed by atoms with Crippen LogP contribution < -0.4 is 0 Å².